The lowest BCUT2D eigenvalue weighted by Gasteiger charge is -2.23. The summed E-state index contributed by atoms with van der Waals surface area (Å²) in [7, 11) is 0. The lowest BCUT2D eigenvalue weighted by molar-refractivity contribution is -0.134. The molecule has 0 saturated heterocycles. The zero-order chi connectivity index (χ0) is 22.0. The van der Waals surface area contributed by atoms with Crippen LogP contribution < -0.4 is 9.47 Å². The Morgan fingerprint density at radius 3 is 1.53 bits per heavy atom. The SMILES string of the molecule is O=C(COc1ccc(Oc2ccccc2)cc1)N(Cc1ccccc1)Cc1ccccc1. The number of carbonyl (C=O) groups excluding carboxylic acids is 1. The predicted octanol–water partition coefficient (Wildman–Crippen LogP) is 6.09. The number of carbonyl (C=O) groups is 1. The maximum atomic E-state index is 13.0. The van der Waals surface area contributed by atoms with Crippen molar-refractivity contribution >= 4 is 5.91 Å². The van der Waals surface area contributed by atoms with Crippen LogP contribution in [0.2, 0.25) is 0 Å². The second-order valence-electron chi connectivity index (χ2n) is 7.40. The van der Waals surface area contributed by atoms with E-state index in [0.29, 0.717) is 24.6 Å². The molecule has 0 heterocycles. The van der Waals surface area contributed by atoms with Crippen molar-refractivity contribution < 1.29 is 14.3 Å². The summed E-state index contributed by atoms with van der Waals surface area (Å²) < 4.78 is 11.6. The average molecular weight is 424 g/mol. The Kier molecular flexibility index (Phi) is 7.17. The minimum absolute atomic E-state index is 0.0292. The molecule has 0 unspecified atom stereocenters. The van der Waals surface area contributed by atoms with E-state index in [0.717, 1.165) is 16.9 Å². The summed E-state index contributed by atoms with van der Waals surface area (Å²) >= 11 is 0. The molecule has 0 fully saturated rings. The minimum Gasteiger partial charge on any atom is -0.484 e. The second-order valence-corrected chi connectivity index (χ2v) is 7.40. The van der Waals surface area contributed by atoms with Crippen molar-refractivity contribution in [1.29, 1.82) is 0 Å². The average Bonchev–Trinajstić information content (AvgIpc) is 2.85. The van der Waals surface area contributed by atoms with Crippen molar-refractivity contribution in [2.45, 2.75) is 13.1 Å². The lowest BCUT2D eigenvalue weighted by Crippen LogP contribution is -2.34. The van der Waals surface area contributed by atoms with Gasteiger partial charge in [0.05, 0.1) is 0 Å². The summed E-state index contributed by atoms with van der Waals surface area (Å²) in [4.78, 5) is 14.8. The van der Waals surface area contributed by atoms with Crippen LogP contribution >= 0.6 is 0 Å². The maximum absolute atomic E-state index is 13.0. The molecule has 0 atom stereocenters. The van der Waals surface area contributed by atoms with Gasteiger partial charge in [-0.1, -0.05) is 78.9 Å². The van der Waals surface area contributed by atoms with Gasteiger partial charge < -0.3 is 14.4 Å². The third kappa shape index (κ3) is 6.22. The largest absolute Gasteiger partial charge is 0.484 e. The molecule has 4 heteroatoms. The van der Waals surface area contributed by atoms with Gasteiger partial charge in [-0.25, -0.2) is 0 Å². The molecule has 0 saturated carbocycles. The number of amides is 1. The second kappa shape index (κ2) is 10.8. The monoisotopic (exact) mass is 423 g/mol. The van der Waals surface area contributed by atoms with Crippen LogP contribution in [0.1, 0.15) is 11.1 Å². The van der Waals surface area contributed by atoms with Gasteiger partial charge >= 0.3 is 0 Å². The van der Waals surface area contributed by atoms with Crippen molar-refractivity contribution in [3.63, 3.8) is 0 Å². The molecule has 160 valence electrons. The Bertz CT molecular complexity index is 1060. The molecular weight excluding hydrogens is 398 g/mol. The third-order valence-electron chi connectivity index (χ3n) is 4.95. The number of hydrogen-bond donors (Lipinski definition) is 0. The van der Waals surface area contributed by atoms with Crippen LogP contribution in [0.25, 0.3) is 0 Å². The molecule has 0 aromatic heterocycles. The summed E-state index contributed by atoms with van der Waals surface area (Å²) in [5.41, 5.74) is 2.17. The maximum Gasteiger partial charge on any atom is 0.261 e. The number of ether oxygens (including phenoxy) is 2. The van der Waals surface area contributed by atoms with Gasteiger partial charge in [0.15, 0.2) is 6.61 Å². The van der Waals surface area contributed by atoms with Crippen molar-refractivity contribution in [2.75, 3.05) is 6.61 Å². The van der Waals surface area contributed by atoms with Crippen LogP contribution in [0.5, 0.6) is 17.2 Å². The summed E-state index contributed by atoms with van der Waals surface area (Å²) in [5, 5.41) is 0. The molecule has 4 nitrogen and oxygen atoms in total. The van der Waals surface area contributed by atoms with E-state index in [9.17, 15) is 4.79 Å². The highest BCUT2D eigenvalue weighted by Crippen LogP contribution is 2.23. The van der Waals surface area contributed by atoms with E-state index in [1.165, 1.54) is 0 Å². The minimum atomic E-state index is -0.0673. The van der Waals surface area contributed by atoms with Crippen molar-refractivity contribution in [3.05, 3.63) is 126 Å². The van der Waals surface area contributed by atoms with E-state index in [1.54, 1.807) is 0 Å². The summed E-state index contributed by atoms with van der Waals surface area (Å²) in [6.45, 7) is 1.03. The van der Waals surface area contributed by atoms with Gasteiger partial charge in [-0.05, 0) is 47.5 Å². The number of benzene rings is 4. The van der Waals surface area contributed by atoms with Crippen LogP contribution in [-0.4, -0.2) is 17.4 Å². The van der Waals surface area contributed by atoms with Crippen LogP contribution in [0.15, 0.2) is 115 Å². The molecule has 0 radical (unpaired) electrons. The van der Waals surface area contributed by atoms with E-state index >= 15 is 0 Å². The van der Waals surface area contributed by atoms with Gasteiger partial charge in [-0.2, -0.15) is 0 Å². The van der Waals surface area contributed by atoms with Gasteiger partial charge in [0.25, 0.3) is 5.91 Å². The van der Waals surface area contributed by atoms with E-state index < -0.39 is 0 Å². The Balaban J connectivity index is 1.37. The summed E-state index contributed by atoms with van der Waals surface area (Å²) in [6.07, 6.45) is 0. The van der Waals surface area contributed by atoms with Gasteiger partial charge in [-0.15, -0.1) is 0 Å². The zero-order valence-corrected chi connectivity index (χ0v) is 17.8. The highest BCUT2D eigenvalue weighted by molar-refractivity contribution is 5.77. The number of rotatable bonds is 9. The first kappa shape index (κ1) is 21.2. The normalized spacial score (nSPS) is 10.4. The molecule has 0 spiro atoms. The zero-order valence-electron chi connectivity index (χ0n) is 17.8. The molecule has 0 N–H and O–H groups in total. The molecular formula is C28H25NO3. The lowest BCUT2D eigenvalue weighted by atomic mass is 10.1. The Hall–Kier alpha value is -4.05. The Morgan fingerprint density at radius 2 is 1.00 bits per heavy atom. The molecule has 0 bridgehead atoms. The fourth-order valence-corrected chi connectivity index (χ4v) is 3.30. The third-order valence-corrected chi connectivity index (χ3v) is 4.95. The van der Waals surface area contributed by atoms with Crippen LogP contribution in [0.4, 0.5) is 0 Å². The highest BCUT2D eigenvalue weighted by atomic mass is 16.5. The molecule has 1 amide bonds. The molecule has 32 heavy (non-hydrogen) atoms. The van der Waals surface area contributed by atoms with E-state index in [-0.39, 0.29) is 12.5 Å². The quantitative estimate of drug-likeness (QED) is 0.327. The first-order valence-corrected chi connectivity index (χ1v) is 10.6. The molecule has 0 aliphatic rings. The highest BCUT2D eigenvalue weighted by Gasteiger charge is 2.15. The molecule has 4 aromatic rings. The summed E-state index contributed by atoms with van der Waals surface area (Å²) in [6, 6.07) is 36.9. The van der Waals surface area contributed by atoms with Crippen molar-refractivity contribution in [1.82, 2.24) is 4.90 Å². The van der Waals surface area contributed by atoms with Gasteiger partial charge in [-0.3, -0.25) is 4.79 Å². The van der Waals surface area contributed by atoms with Crippen LogP contribution in [0.3, 0.4) is 0 Å². The Morgan fingerprint density at radius 1 is 0.562 bits per heavy atom. The van der Waals surface area contributed by atoms with E-state index in [1.807, 2.05) is 120 Å². The van der Waals surface area contributed by atoms with E-state index in [2.05, 4.69) is 0 Å². The first-order chi connectivity index (χ1) is 15.8. The first-order valence-electron chi connectivity index (χ1n) is 10.6. The summed E-state index contributed by atoms with van der Waals surface area (Å²) in [5.74, 6) is 2.04. The van der Waals surface area contributed by atoms with E-state index in [4.69, 9.17) is 9.47 Å². The molecule has 4 aromatic carbocycles. The predicted molar refractivity (Wildman–Crippen MR) is 126 cm³/mol. The Labute approximate surface area is 188 Å². The van der Waals surface area contributed by atoms with Gasteiger partial charge in [0, 0.05) is 13.1 Å². The standard InChI is InChI=1S/C28H25NO3/c30-28(22-31-25-16-18-27(19-17-25)32-26-14-8-3-9-15-26)29(20-23-10-4-1-5-11-23)21-24-12-6-2-7-13-24/h1-19H,20-22H2. The number of nitrogens with zero attached hydrogens (tertiary/aromatic N) is 1. The van der Waals surface area contributed by atoms with Crippen molar-refractivity contribution in [2.24, 2.45) is 0 Å². The number of para-hydroxylation sites is 1. The smallest absolute Gasteiger partial charge is 0.261 e. The van der Waals surface area contributed by atoms with Crippen LogP contribution in [-0.2, 0) is 17.9 Å². The molecule has 4 rings (SSSR count). The topological polar surface area (TPSA) is 38.8 Å². The fraction of sp³-hybridized carbons (Fsp3) is 0.107. The molecule has 0 aliphatic carbocycles. The fourth-order valence-electron chi connectivity index (χ4n) is 3.30. The number of hydrogen-bond acceptors (Lipinski definition) is 3. The van der Waals surface area contributed by atoms with Crippen molar-refractivity contribution in [3.8, 4) is 17.2 Å². The van der Waals surface area contributed by atoms with Crippen LogP contribution in [0, 0.1) is 0 Å². The van der Waals surface area contributed by atoms with Gasteiger partial charge in [0.1, 0.15) is 17.2 Å². The molecule has 0 aliphatic heterocycles. The van der Waals surface area contributed by atoms with Gasteiger partial charge in [0.2, 0.25) is 0 Å².